The van der Waals surface area contributed by atoms with E-state index in [0.29, 0.717) is 17.2 Å². The van der Waals surface area contributed by atoms with E-state index in [2.05, 4.69) is 25.5 Å². The Morgan fingerprint density at radius 3 is 2.74 bits per heavy atom. The lowest BCUT2D eigenvalue weighted by Gasteiger charge is -2.18. The summed E-state index contributed by atoms with van der Waals surface area (Å²) < 4.78 is 42.4. The molecule has 4 aromatic rings. The van der Waals surface area contributed by atoms with Gasteiger partial charge in [-0.1, -0.05) is 12.1 Å². The van der Waals surface area contributed by atoms with Gasteiger partial charge in [-0.05, 0) is 44.0 Å². The van der Waals surface area contributed by atoms with Gasteiger partial charge in [-0.15, -0.1) is 10.2 Å². The van der Waals surface area contributed by atoms with Gasteiger partial charge in [0.1, 0.15) is 18.1 Å². The SMILES string of the molecule is CC(n1cnnc1-c1cccc(NC(=O)c2cc(-n3cnc(C4CC4)c3)ccn2)c1)C(F)(F)F. The average molecular weight is 467 g/mol. The maximum atomic E-state index is 13.2. The number of anilines is 1. The van der Waals surface area contributed by atoms with Crippen LogP contribution in [0.15, 0.2) is 61.4 Å². The molecule has 0 spiro atoms. The minimum Gasteiger partial charge on any atom is -0.321 e. The van der Waals surface area contributed by atoms with Crippen molar-refractivity contribution in [2.24, 2.45) is 0 Å². The Balaban J connectivity index is 1.36. The summed E-state index contributed by atoms with van der Waals surface area (Å²) in [5.74, 6) is 0.113. The Morgan fingerprint density at radius 2 is 1.97 bits per heavy atom. The fourth-order valence-electron chi connectivity index (χ4n) is 3.59. The summed E-state index contributed by atoms with van der Waals surface area (Å²) in [5, 5.41) is 10.2. The molecule has 174 valence electrons. The number of pyridine rings is 1. The van der Waals surface area contributed by atoms with Gasteiger partial charge in [0.15, 0.2) is 5.82 Å². The summed E-state index contributed by atoms with van der Waals surface area (Å²) >= 11 is 0. The number of carbonyl (C=O) groups is 1. The van der Waals surface area contributed by atoms with E-state index in [9.17, 15) is 18.0 Å². The van der Waals surface area contributed by atoms with Crippen LogP contribution in [-0.4, -0.2) is 41.4 Å². The largest absolute Gasteiger partial charge is 0.408 e. The van der Waals surface area contributed by atoms with E-state index < -0.39 is 18.1 Å². The molecule has 1 atom stereocenters. The lowest BCUT2D eigenvalue weighted by Crippen LogP contribution is -2.24. The van der Waals surface area contributed by atoms with Crippen LogP contribution in [0.3, 0.4) is 0 Å². The average Bonchev–Trinajstić information content (AvgIpc) is 3.34. The van der Waals surface area contributed by atoms with Crippen LogP contribution in [0.4, 0.5) is 18.9 Å². The molecule has 1 saturated carbocycles. The number of hydrogen-bond acceptors (Lipinski definition) is 5. The fraction of sp³-hybridized carbons (Fsp3) is 0.261. The third-order valence-corrected chi connectivity index (χ3v) is 5.72. The number of aromatic nitrogens is 6. The number of nitrogens with one attached hydrogen (secondary N) is 1. The van der Waals surface area contributed by atoms with Gasteiger partial charge in [0, 0.05) is 29.6 Å². The van der Waals surface area contributed by atoms with Gasteiger partial charge in [0.25, 0.3) is 5.91 Å². The summed E-state index contributed by atoms with van der Waals surface area (Å²) in [5.41, 5.74) is 2.76. The van der Waals surface area contributed by atoms with Crippen molar-refractivity contribution in [3.8, 4) is 17.1 Å². The van der Waals surface area contributed by atoms with Crippen molar-refractivity contribution >= 4 is 11.6 Å². The molecule has 1 unspecified atom stereocenters. The van der Waals surface area contributed by atoms with Crippen LogP contribution in [0.1, 0.15) is 47.9 Å². The molecule has 34 heavy (non-hydrogen) atoms. The number of imidazole rings is 1. The summed E-state index contributed by atoms with van der Waals surface area (Å²) in [7, 11) is 0. The van der Waals surface area contributed by atoms with Gasteiger partial charge >= 0.3 is 6.18 Å². The molecule has 3 heterocycles. The maximum Gasteiger partial charge on any atom is 0.408 e. The van der Waals surface area contributed by atoms with E-state index in [1.165, 1.54) is 0 Å². The second kappa shape index (κ2) is 8.40. The third kappa shape index (κ3) is 4.41. The Bertz CT molecular complexity index is 1340. The summed E-state index contributed by atoms with van der Waals surface area (Å²) in [4.78, 5) is 21.4. The standard InChI is InChI=1S/C23H20F3N7O/c1-14(23(24,25)26)33-13-29-31-21(33)16-3-2-4-17(9-16)30-22(34)19-10-18(7-8-27-19)32-11-20(28-12-32)15-5-6-15/h2-4,7-15H,5-6H2,1H3,(H,30,34). The van der Waals surface area contributed by atoms with E-state index in [1.54, 1.807) is 48.9 Å². The number of alkyl halides is 3. The van der Waals surface area contributed by atoms with E-state index in [0.717, 1.165) is 42.0 Å². The lowest BCUT2D eigenvalue weighted by atomic mass is 10.1. The highest BCUT2D eigenvalue weighted by Crippen LogP contribution is 2.39. The number of benzene rings is 1. The van der Waals surface area contributed by atoms with E-state index in [-0.39, 0.29) is 11.5 Å². The van der Waals surface area contributed by atoms with Crippen molar-refractivity contribution in [2.45, 2.75) is 37.9 Å². The zero-order valence-electron chi connectivity index (χ0n) is 18.1. The van der Waals surface area contributed by atoms with Gasteiger partial charge in [0.05, 0.1) is 17.7 Å². The fourth-order valence-corrected chi connectivity index (χ4v) is 3.59. The van der Waals surface area contributed by atoms with Crippen LogP contribution in [-0.2, 0) is 0 Å². The Kier molecular flexibility index (Phi) is 5.39. The number of halogens is 3. The highest BCUT2D eigenvalue weighted by Gasteiger charge is 2.38. The minimum absolute atomic E-state index is 0.0487. The van der Waals surface area contributed by atoms with E-state index >= 15 is 0 Å². The van der Waals surface area contributed by atoms with Crippen LogP contribution in [0.2, 0.25) is 0 Å². The van der Waals surface area contributed by atoms with Crippen molar-refractivity contribution in [3.05, 3.63) is 72.8 Å². The molecular formula is C23H20F3N7O. The maximum absolute atomic E-state index is 13.2. The van der Waals surface area contributed by atoms with Gasteiger partial charge in [-0.2, -0.15) is 13.2 Å². The molecule has 5 rings (SSSR count). The lowest BCUT2D eigenvalue weighted by molar-refractivity contribution is -0.162. The van der Waals surface area contributed by atoms with Crippen LogP contribution in [0.25, 0.3) is 17.1 Å². The quantitative estimate of drug-likeness (QED) is 0.441. The highest BCUT2D eigenvalue weighted by molar-refractivity contribution is 6.03. The number of amides is 1. The Hall–Kier alpha value is -4.02. The normalized spacial score (nSPS) is 14.7. The zero-order valence-corrected chi connectivity index (χ0v) is 18.1. The van der Waals surface area contributed by atoms with Crippen molar-refractivity contribution in [1.82, 2.24) is 29.3 Å². The molecule has 1 aromatic carbocycles. The van der Waals surface area contributed by atoms with Gasteiger partial charge in [-0.3, -0.25) is 9.78 Å². The first-order valence-corrected chi connectivity index (χ1v) is 10.7. The zero-order chi connectivity index (χ0) is 23.9. The second-order valence-corrected chi connectivity index (χ2v) is 8.19. The van der Waals surface area contributed by atoms with Crippen molar-refractivity contribution in [2.75, 3.05) is 5.32 Å². The van der Waals surface area contributed by atoms with E-state index in [4.69, 9.17) is 0 Å². The molecular weight excluding hydrogens is 447 g/mol. The molecule has 1 amide bonds. The second-order valence-electron chi connectivity index (χ2n) is 8.19. The summed E-state index contributed by atoms with van der Waals surface area (Å²) in [6.07, 6.45) is 4.09. The Morgan fingerprint density at radius 1 is 1.15 bits per heavy atom. The first-order chi connectivity index (χ1) is 16.3. The molecule has 3 aromatic heterocycles. The van der Waals surface area contributed by atoms with Crippen LogP contribution in [0, 0.1) is 0 Å². The highest BCUT2D eigenvalue weighted by atomic mass is 19.4. The number of rotatable bonds is 6. The molecule has 11 heteroatoms. The molecule has 0 aliphatic heterocycles. The number of carbonyl (C=O) groups excluding carboxylic acids is 1. The molecule has 1 fully saturated rings. The number of nitrogens with zero attached hydrogens (tertiary/aromatic N) is 6. The molecule has 8 nitrogen and oxygen atoms in total. The predicted molar refractivity (Wildman–Crippen MR) is 118 cm³/mol. The van der Waals surface area contributed by atoms with Crippen molar-refractivity contribution in [1.29, 1.82) is 0 Å². The molecule has 0 radical (unpaired) electrons. The van der Waals surface area contributed by atoms with Crippen LogP contribution >= 0.6 is 0 Å². The monoisotopic (exact) mass is 467 g/mol. The van der Waals surface area contributed by atoms with Crippen molar-refractivity contribution in [3.63, 3.8) is 0 Å². The van der Waals surface area contributed by atoms with Gasteiger partial charge in [0.2, 0.25) is 0 Å². The first kappa shape index (κ1) is 21.8. The summed E-state index contributed by atoms with van der Waals surface area (Å²) in [6.45, 7) is 1.03. The van der Waals surface area contributed by atoms with Crippen LogP contribution in [0.5, 0.6) is 0 Å². The van der Waals surface area contributed by atoms with Gasteiger partial charge < -0.3 is 14.5 Å². The van der Waals surface area contributed by atoms with E-state index in [1.807, 2.05) is 10.8 Å². The minimum atomic E-state index is -4.45. The summed E-state index contributed by atoms with van der Waals surface area (Å²) in [6, 6.07) is 8.04. The van der Waals surface area contributed by atoms with Crippen molar-refractivity contribution < 1.29 is 18.0 Å². The molecule has 1 N–H and O–H groups in total. The van der Waals surface area contributed by atoms with Gasteiger partial charge in [-0.25, -0.2) is 4.98 Å². The Labute approximate surface area is 192 Å². The number of hydrogen-bond donors (Lipinski definition) is 1. The predicted octanol–water partition coefficient (Wildman–Crippen LogP) is 4.78. The smallest absolute Gasteiger partial charge is 0.321 e. The topological polar surface area (TPSA) is 90.5 Å². The molecule has 1 aliphatic rings. The third-order valence-electron chi connectivity index (χ3n) is 5.72. The van der Waals surface area contributed by atoms with Crippen LogP contribution < -0.4 is 5.32 Å². The molecule has 0 saturated heterocycles. The first-order valence-electron chi connectivity index (χ1n) is 10.7. The molecule has 0 bridgehead atoms. The molecule has 1 aliphatic carbocycles.